The number of furan rings is 1. The Hall–Kier alpha value is -2.62. The molecule has 1 N–H and O–H groups in total. The number of para-hydroxylation sites is 2. The van der Waals surface area contributed by atoms with Gasteiger partial charge in [-0.25, -0.2) is 0 Å². The Kier molecular flexibility index (Phi) is 2.84. The number of nitrogens with one attached hydrogen (secondary N) is 1. The molecule has 1 aliphatic heterocycles. The van der Waals surface area contributed by atoms with E-state index >= 15 is 0 Å². The minimum Gasteiger partial charge on any atom is -0.493 e. The maximum atomic E-state index is 5.68. The molecule has 0 radical (unpaired) electrons. The maximum Gasteiger partial charge on any atom is 0.177 e. The van der Waals surface area contributed by atoms with Gasteiger partial charge >= 0.3 is 0 Å². The summed E-state index contributed by atoms with van der Waals surface area (Å²) < 4.78 is 11.1. The standard InChI is InChI=1S/C20H20N2O2/c1-23-18-8-7-16(14-9-12-24-19(14)18)22-13-20(10-4-11-20)21-15-5-2-3-6-17(15)22/h2-3,5-9,12,21H,4,10-11,13H2,1H3. The second-order valence-corrected chi connectivity index (χ2v) is 6.81. The molecule has 4 nitrogen and oxygen atoms in total. The zero-order valence-corrected chi connectivity index (χ0v) is 13.7. The zero-order chi connectivity index (χ0) is 16.1. The maximum absolute atomic E-state index is 5.68. The van der Waals surface area contributed by atoms with Crippen LogP contribution in [0.4, 0.5) is 17.1 Å². The fraction of sp³-hybridized carbons (Fsp3) is 0.300. The highest BCUT2D eigenvalue weighted by atomic mass is 16.5. The predicted molar refractivity (Wildman–Crippen MR) is 96.4 cm³/mol. The molecule has 0 atom stereocenters. The van der Waals surface area contributed by atoms with Crippen LogP contribution in [0.1, 0.15) is 19.3 Å². The average Bonchev–Trinajstić information content (AvgIpc) is 3.08. The van der Waals surface area contributed by atoms with Crippen molar-refractivity contribution in [1.82, 2.24) is 0 Å². The molecule has 24 heavy (non-hydrogen) atoms. The van der Waals surface area contributed by atoms with Crippen molar-refractivity contribution in [3.8, 4) is 5.75 Å². The molecular formula is C20H20N2O2. The van der Waals surface area contributed by atoms with Crippen LogP contribution >= 0.6 is 0 Å². The molecule has 0 saturated heterocycles. The second-order valence-electron chi connectivity index (χ2n) is 6.81. The van der Waals surface area contributed by atoms with E-state index in [-0.39, 0.29) is 5.54 Å². The smallest absolute Gasteiger partial charge is 0.177 e. The molecule has 0 amide bonds. The number of benzene rings is 2. The number of hydrogen-bond acceptors (Lipinski definition) is 4. The summed E-state index contributed by atoms with van der Waals surface area (Å²) >= 11 is 0. The molecule has 2 heterocycles. The topological polar surface area (TPSA) is 37.6 Å². The first-order valence-electron chi connectivity index (χ1n) is 8.49. The molecule has 122 valence electrons. The number of hydrogen-bond donors (Lipinski definition) is 1. The molecule has 2 aromatic carbocycles. The number of methoxy groups -OCH3 is 1. The predicted octanol–water partition coefficient (Wildman–Crippen LogP) is 4.93. The summed E-state index contributed by atoms with van der Waals surface area (Å²) in [5.41, 5.74) is 4.64. The highest BCUT2D eigenvalue weighted by Gasteiger charge is 2.42. The molecule has 3 aromatic rings. The molecule has 1 saturated carbocycles. The van der Waals surface area contributed by atoms with Crippen molar-refractivity contribution in [2.75, 3.05) is 23.9 Å². The van der Waals surface area contributed by atoms with Crippen molar-refractivity contribution in [3.63, 3.8) is 0 Å². The fourth-order valence-electron chi connectivity index (χ4n) is 4.05. The van der Waals surface area contributed by atoms with Crippen LogP contribution in [0.25, 0.3) is 11.0 Å². The molecule has 1 aromatic heterocycles. The Morgan fingerprint density at radius 2 is 1.96 bits per heavy atom. The molecule has 0 bridgehead atoms. The van der Waals surface area contributed by atoms with Crippen LogP contribution in [0.15, 0.2) is 53.1 Å². The molecule has 1 aliphatic carbocycles. The van der Waals surface area contributed by atoms with Gasteiger partial charge in [-0.2, -0.15) is 0 Å². The monoisotopic (exact) mass is 320 g/mol. The summed E-state index contributed by atoms with van der Waals surface area (Å²) in [7, 11) is 1.68. The number of nitrogens with zero attached hydrogens (tertiary/aromatic N) is 1. The van der Waals surface area contributed by atoms with Crippen LogP contribution in [0.3, 0.4) is 0 Å². The van der Waals surface area contributed by atoms with E-state index in [1.54, 1.807) is 13.4 Å². The summed E-state index contributed by atoms with van der Waals surface area (Å²) in [4.78, 5) is 2.43. The Bertz CT molecular complexity index is 911. The van der Waals surface area contributed by atoms with Gasteiger partial charge in [0.15, 0.2) is 11.3 Å². The number of ether oxygens (including phenoxy) is 1. The SMILES string of the molecule is COc1ccc(N2CC3(CCC3)Nc3ccccc32)c2ccoc12. The van der Waals surface area contributed by atoms with Crippen LogP contribution < -0.4 is 15.0 Å². The lowest BCUT2D eigenvalue weighted by Gasteiger charge is -2.51. The van der Waals surface area contributed by atoms with Crippen LogP contribution in [-0.4, -0.2) is 19.2 Å². The summed E-state index contributed by atoms with van der Waals surface area (Å²) in [6, 6.07) is 14.7. The van der Waals surface area contributed by atoms with E-state index < -0.39 is 0 Å². The molecule has 4 heteroatoms. The highest BCUT2D eigenvalue weighted by molar-refractivity contribution is 5.98. The third-order valence-electron chi connectivity index (χ3n) is 5.43. The largest absolute Gasteiger partial charge is 0.493 e. The summed E-state index contributed by atoms with van der Waals surface area (Å²) in [6.07, 6.45) is 5.49. The zero-order valence-electron chi connectivity index (χ0n) is 13.7. The van der Waals surface area contributed by atoms with E-state index in [1.165, 1.54) is 36.3 Å². The van der Waals surface area contributed by atoms with Crippen LogP contribution in [0, 0.1) is 0 Å². The van der Waals surface area contributed by atoms with Crippen LogP contribution in [0.2, 0.25) is 0 Å². The van der Waals surface area contributed by atoms with E-state index in [0.717, 1.165) is 23.3 Å². The van der Waals surface area contributed by atoms with E-state index in [4.69, 9.17) is 9.15 Å². The van der Waals surface area contributed by atoms with E-state index in [1.807, 2.05) is 12.1 Å². The average molecular weight is 320 g/mol. The van der Waals surface area contributed by atoms with E-state index in [0.29, 0.717) is 0 Å². The van der Waals surface area contributed by atoms with Crippen molar-refractivity contribution in [2.45, 2.75) is 24.8 Å². The van der Waals surface area contributed by atoms with Gasteiger partial charge in [0, 0.05) is 11.9 Å². The molecule has 5 rings (SSSR count). The quantitative estimate of drug-likeness (QED) is 0.726. The van der Waals surface area contributed by atoms with E-state index in [9.17, 15) is 0 Å². The van der Waals surface area contributed by atoms with Crippen molar-refractivity contribution in [2.24, 2.45) is 0 Å². The lowest BCUT2D eigenvalue weighted by molar-refractivity contribution is 0.282. The van der Waals surface area contributed by atoms with Gasteiger partial charge in [-0.1, -0.05) is 12.1 Å². The Morgan fingerprint density at radius 3 is 2.75 bits per heavy atom. The molecular weight excluding hydrogens is 300 g/mol. The van der Waals surface area contributed by atoms with Crippen LogP contribution in [-0.2, 0) is 0 Å². The summed E-state index contributed by atoms with van der Waals surface area (Å²) in [5.74, 6) is 0.778. The molecule has 1 fully saturated rings. The Labute approximate surface area is 141 Å². The first-order chi connectivity index (χ1) is 11.8. The van der Waals surface area contributed by atoms with Gasteiger partial charge < -0.3 is 19.4 Å². The molecule has 0 unspecified atom stereocenters. The summed E-state index contributed by atoms with van der Waals surface area (Å²) in [6.45, 7) is 0.983. The lowest BCUT2D eigenvalue weighted by atomic mass is 9.74. The van der Waals surface area contributed by atoms with E-state index in [2.05, 4.69) is 40.5 Å². The Morgan fingerprint density at radius 1 is 1.08 bits per heavy atom. The Balaban J connectivity index is 1.70. The number of anilines is 3. The fourth-order valence-corrected chi connectivity index (χ4v) is 4.05. The van der Waals surface area contributed by atoms with Gasteiger partial charge in [0.05, 0.1) is 36.0 Å². The number of fused-ring (bicyclic) bond motifs is 2. The van der Waals surface area contributed by atoms with Gasteiger partial charge in [-0.05, 0) is 49.6 Å². The van der Waals surface area contributed by atoms with Crippen molar-refractivity contribution in [1.29, 1.82) is 0 Å². The third-order valence-corrected chi connectivity index (χ3v) is 5.43. The van der Waals surface area contributed by atoms with Gasteiger partial charge in [-0.3, -0.25) is 0 Å². The third kappa shape index (κ3) is 1.86. The highest BCUT2D eigenvalue weighted by Crippen LogP contribution is 2.48. The first kappa shape index (κ1) is 13.8. The minimum atomic E-state index is 0.199. The van der Waals surface area contributed by atoms with Gasteiger partial charge in [0.2, 0.25) is 0 Å². The van der Waals surface area contributed by atoms with Gasteiger partial charge in [-0.15, -0.1) is 0 Å². The van der Waals surface area contributed by atoms with Crippen molar-refractivity contribution < 1.29 is 9.15 Å². The molecule has 2 aliphatic rings. The lowest BCUT2D eigenvalue weighted by Crippen LogP contribution is -2.55. The van der Waals surface area contributed by atoms with Crippen molar-refractivity contribution in [3.05, 3.63) is 48.7 Å². The second kappa shape index (κ2) is 4.94. The normalized spacial score (nSPS) is 18.1. The van der Waals surface area contributed by atoms with Gasteiger partial charge in [0.1, 0.15) is 0 Å². The minimum absolute atomic E-state index is 0.199. The first-order valence-corrected chi connectivity index (χ1v) is 8.49. The van der Waals surface area contributed by atoms with Crippen LogP contribution in [0.5, 0.6) is 5.75 Å². The van der Waals surface area contributed by atoms with Crippen molar-refractivity contribution >= 4 is 28.0 Å². The van der Waals surface area contributed by atoms with Gasteiger partial charge in [0.25, 0.3) is 0 Å². The summed E-state index contributed by atoms with van der Waals surface area (Å²) in [5, 5.41) is 4.88. The molecule has 1 spiro atoms. The number of rotatable bonds is 2.